The molecule has 0 saturated heterocycles. The lowest BCUT2D eigenvalue weighted by atomic mass is 10.1. The van der Waals surface area contributed by atoms with Gasteiger partial charge < -0.3 is 10.6 Å². The molecule has 0 spiro atoms. The first-order valence-corrected chi connectivity index (χ1v) is 9.16. The molecule has 116 valence electrons. The van der Waals surface area contributed by atoms with Gasteiger partial charge in [0.25, 0.3) is 0 Å². The molecule has 0 fully saturated rings. The lowest BCUT2D eigenvalue weighted by molar-refractivity contribution is -0.120. The molecule has 0 saturated carbocycles. The van der Waals surface area contributed by atoms with Gasteiger partial charge in [0.1, 0.15) is 11.1 Å². The predicted octanol–water partition coefficient (Wildman–Crippen LogP) is 2.41. The molecule has 3 rings (SSSR count). The van der Waals surface area contributed by atoms with Crippen molar-refractivity contribution >= 4 is 34.8 Å². The Labute approximate surface area is 137 Å². The summed E-state index contributed by atoms with van der Waals surface area (Å²) in [6.45, 7) is 3.11. The number of nitrogens with one attached hydrogen (secondary N) is 2. The fourth-order valence-corrected chi connectivity index (χ4v) is 4.64. The normalized spacial score (nSPS) is 16.9. The average Bonchev–Trinajstić information content (AvgIpc) is 3.01. The second-order valence-electron chi connectivity index (χ2n) is 5.08. The van der Waals surface area contributed by atoms with Crippen molar-refractivity contribution in [2.24, 2.45) is 0 Å². The number of aryl methyl sites for hydroxylation is 2. The maximum absolute atomic E-state index is 12.3. The summed E-state index contributed by atoms with van der Waals surface area (Å²) in [6, 6.07) is 5.88. The summed E-state index contributed by atoms with van der Waals surface area (Å²) in [6.07, 6.45) is 1.08. The van der Waals surface area contributed by atoms with Gasteiger partial charge >= 0.3 is 0 Å². The molecule has 0 unspecified atom stereocenters. The maximum atomic E-state index is 12.3. The topological polar surface area (TPSA) is 66.9 Å². The molecule has 0 bridgehead atoms. The third kappa shape index (κ3) is 3.59. The molecule has 3 heterocycles. The number of hydrogen-bond acceptors (Lipinski definition) is 6. The third-order valence-corrected chi connectivity index (χ3v) is 5.68. The summed E-state index contributed by atoms with van der Waals surface area (Å²) in [4.78, 5) is 13.7. The van der Waals surface area contributed by atoms with Gasteiger partial charge in [-0.25, -0.2) is 0 Å². The number of rotatable bonds is 5. The van der Waals surface area contributed by atoms with Crippen LogP contribution in [-0.2, 0) is 11.2 Å². The van der Waals surface area contributed by atoms with Crippen LogP contribution in [0.4, 0.5) is 5.82 Å². The van der Waals surface area contributed by atoms with Crippen molar-refractivity contribution in [1.29, 1.82) is 0 Å². The number of hydrogen-bond donors (Lipinski definition) is 2. The van der Waals surface area contributed by atoms with Crippen LogP contribution in [0, 0.1) is 6.92 Å². The van der Waals surface area contributed by atoms with Crippen molar-refractivity contribution in [3.8, 4) is 0 Å². The minimum Gasteiger partial charge on any atom is -0.367 e. The zero-order valence-corrected chi connectivity index (χ0v) is 14.0. The molecule has 22 heavy (non-hydrogen) atoms. The van der Waals surface area contributed by atoms with Crippen LogP contribution in [0.5, 0.6) is 0 Å². The molecule has 0 aromatic carbocycles. The Bertz CT molecular complexity index is 641. The van der Waals surface area contributed by atoms with Crippen LogP contribution in [0.25, 0.3) is 0 Å². The fourth-order valence-electron chi connectivity index (χ4n) is 2.33. The first kappa shape index (κ1) is 15.3. The molecule has 0 aliphatic carbocycles. The van der Waals surface area contributed by atoms with Gasteiger partial charge in [0.15, 0.2) is 0 Å². The molecular weight excluding hydrogens is 316 g/mol. The summed E-state index contributed by atoms with van der Waals surface area (Å²) in [7, 11) is 0. The van der Waals surface area contributed by atoms with Crippen LogP contribution >= 0.6 is 23.1 Å². The summed E-state index contributed by atoms with van der Waals surface area (Å²) >= 11 is 3.48. The van der Waals surface area contributed by atoms with Crippen molar-refractivity contribution in [2.75, 3.05) is 24.2 Å². The van der Waals surface area contributed by atoms with Crippen LogP contribution in [0.15, 0.2) is 23.6 Å². The van der Waals surface area contributed by atoms with Crippen LogP contribution < -0.4 is 10.6 Å². The van der Waals surface area contributed by atoms with E-state index in [-0.39, 0.29) is 11.2 Å². The number of aromatic nitrogens is 2. The van der Waals surface area contributed by atoms with Gasteiger partial charge in [0.2, 0.25) is 5.91 Å². The van der Waals surface area contributed by atoms with Crippen LogP contribution in [-0.4, -0.2) is 34.9 Å². The predicted molar refractivity (Wildman–Crippen MR) is 91.5 cm³/mol. The summed E-state index contributed by atoms with van der Waals surface area (Å²) < 4.78 is 0. The maximum Gasteiger partial charge on any atom is 0.237 e. The van der Waals surface area contributed by atoms with E-state index >= 15 is 0 Å². The van der Waals surface area contributed by atoms with Gasteiger partial charge in [0.05, 0.1) is 5.69 Å². The van der Waals surface area contributed by atoms with Crippen LogP contribution in [0.2, 0.25) is 0 Å². The van der Waals surface area contributed by atoms with Crippen molar-refractivity contribution in [2.45, 2.75) is 18.6 Å². The van der Waals surface area contributed by atoms with E-state index in [1.54, 1.807) is 23.1 Å². The van der Waals surface area contributed by atoms with E-state index in [1.807, 2.05) is 19.1 Å². The molecule has 5 nitrogen and oxygen atoms in total. The Kier molecular flexibility index (Phi) is 4.94. The largest absolute Gasteiger partial charge is 0.367 e. The van der Waals surface area contributed by atoms with Crippen molar-refractivity contribution in [3.63, 3.8) is 0 Å². The lowest BCUT2D eigenvalue weighted by Crippen LogP contribution is -2.33. The summed E-state index contributed by atoms with van der Waals surface area (Å²) in [5.41, 5.74) is 2.08. The van der Waals surface area contributed by atoms with Gasteiger partial charge in [-0.15, -0.1) is 28.2 Å². The second kappa shape index (κ2) is 7.11. The Morgan fingerprint density at radius 1 is 1.32 bits per heavy atom. The van der Waals surface area contributed by atoms with Crippen molar-refractivity contribution < 1.29 is 4.79 Å². The molecule has 1 amide bonds. The lowest BCUT2D eigenvalue weighted by Gasteiger charge is -2.21. The Morgan fingerprint density at radius 3 is 3.05 bits per heavy atom. The van der Waals surface area contributed by atoms with Crippen molar-refractivity contribution in [3.05, 3.63) is 39.7 Å². The van der Waals surface area contributed by atoms with E-state index in [2.05, 4.69) is 32.3 Å². The SMILES string of the molecule is Cc1ccc(NCCNC(=O)[C@H]2SCCc3sccc32)nn1. The highest BCUT2D eigenvalue weighted by molar-refractivity contribution is 8.00. The molecular formula is C15H18N4OS2. The van der Waals surface area contributed by atoms with Crippen LogP contribution in [0.1, 0.15) is 21.4 Å². The first-order chi connectivity index (χ1) is 10.7. The van der Waals surface area contributed by atoms with E-state index in [1.165, 1.54) is 10.4 Å². The number of thiophene rings is 1. The highest BCUT2D eigenvalue weighted by atomic mass is 32.2. The second-order valence-corrected chi connectivity index (χ2v) is 7.29. The smallest absolute Gasteiger partial charge is 0.237 e. The number of amides is 1. The van der Waals surface area contributed by atoms with Crippen molar-refractivity contribution in [1.82, 2.24) is 15.5 Å². The monoisotopic (exact) mass is 334 g/mol. The molecule has 0 radical (unpaired) electrons. The van der Waals surface area contributed by atoms with Gasteiger partial charge in [-0.05, 0) is 48.2 Å². The van der Waals surface area contributed by atoms with Gasteiger partial charge in [-0.1, -0.05) is 0 Å². The zero-order valence-electron chi connectivity index (χ0n) is 12.3. The van der Waals surface area contributed by atoms with E-state index in [9.17, 15) is 4.79 Å². The standard InChI is InChI=1S/C15H18N4OS2/c1-10-2-3-13(19-18-10)16-6-7-17-15(20)14-11-4-8-21-12(11)5-9-22-14/h2-4,8,14H,5-7,9H2,1H3,(H,16,19)(H,17,20)/t14-/m0/s1. The molecule has 7 heteroatoms. The molecule has 1 aliphatic rings. The Hall–Kier alpha value is -1.60. The molecule has 1 atom stereocenters. The first-order valence-electron chi connectivity index (χ1n) is 7.24. The quantitative estimate of drug-likeness (QED) is 0.822. The summed E-state index contributed by atoms with van der Waals surface area (Å²) in [5.74, 6) is 1.84. The van der Waals surface area contributed by atoms with E-state index in [0.29, 0.717) is 13.1 Å². The van der Waals surface area contributed by atoms with E-state index in [4.69, 9.17) is 0 Å². The highest BCUT2D eigenvalue weighted by Gasteiger charge is 2.27. The van der Waals surface area contributed by atoms with Gasteiger partial charge in [-0.3, -0.25) is 4.79 Å². The molecule has 2 N–H and O–H groups in total. The molecule has 2 aromatic rings. The Balaban J connectivity index is 1.46. The van der Waals surface area contributed by atoms with E-state index < -0.39 is 0 Å². The van der Waals surface area contributed by atoms with Gasteiger partial charge in [0, 0.05) is 18.0 Å². The third-order valence-electron chi connectivity index (χ3n) is 3.44. The Morgan fingerprint density at radius 2 is 2.23 bits per heavy atom. The zero-order chi connectivity index (χ0) is 15.4. The van der Waals surface area contributed by atoms with Gasteiger partial charge in [-0.2, -0.15) is 5.10 Å². The number of carbonyl (C=O) groups is 1. The number of carbonyl (C=O) groups excluding carboxylic acids is 1. The number of thioether (sulfide) groups is 1. The number of fused-ring (bicyclic) bond motifs is 1. The molecule has 1 aliphatic heterocycles. The minimum atomic E-state index is -0.0610. The summed E-state index contributed by atoms with van der Waals surface area (Å²) in [5, 5.41) is 16.2. The average molecular weight is 334 g/mol. The fraction of sp³-hybridized carbons (Fsp3) is 0.400. The highest BCUT2D eigenvalue weighted by Crippen LogP contribution is 2.39. The minimum absolute atomic E-state index is 0.0610. The van der Waals surface area contributed by atoms with E-state index in [0.717, 1.165) is 23.7 Å². The molecule has 2 aromatic heterocycles. The number of anilines is 1. The van der Waals surface area contributed by atoms with Crippen LogP contribution in [0.3, 0.4) is 0 Å². The number of nitrogens with zero attached hydrogens (tertiary/aromatic N) is 2.